The number of carbonyl (C=O) groups excluding carboxylic acids is 1. The topological polar surface area (TPSA) is 58.1 Å². The smallest absolute Gasteiger partial charge is 0.247 e. The van der Waals surface area contributed by atoms with Gasteiger partial charge >= 0.3 is 0 Å². The normalized spacial score (nSPS) is 12.9. The van der Waals surface area contributed by atoms with Crippen molar-refractivity contribution in [2.75, 3.05) is 16.8 Å². The fourth-order valence-corrected chi connectivity index (χ4v) is 3.27. The van der Waals surface area contributed by atoms with Crippen molar-refractivity contribution >= 4 is 45.6 Å². The van der Waals surface area contributed by atoms with Crippen LogP contribution in [0.5, 0.6) is 0 Å². The number of carbonyl (C=O) groups is 1. The predicted molar refractivity (Wildman–Crippen MR) is 101 cm³/mol. The fourth-order valence-electron chi connectivity index (χ4n) is 3.10. The molecule has 25 heavy (non-hydrogen) atoms. The lowest BCUT2D eigenvalue weighted by molar-refractivity contribution is -0.111. The van der Waals surface area contributed by atoms with Gasteiger partial charge < -0.3 is 10.2 Å². The van der Waals surface area contributed by atoms with Gasteiger partial charge in [0, 0.05) is 28.3 Å². The van der Waals surface area contributed by atoms with Gasteiger partial charge in [0.1, 0.15) is 12.1 Å². The fraction of sp³-hybridized carbons (Fsp3) is 0.105. The average molecular weight is 351 g/mol. The van der Waals surface area contributed by atoms with Gasteiger partial charge in [-0.3, -0.25) is 4.79 Å². The molecule has 1 aromatic heterocycles. The van der Waals surface area contributed by atoms with Crippen molar-refractivity contribution in [1.82, 2.24) is 9.97 Å². The molecule has 0 saturated heterocycles. The summed E-state index contributed by atoms with van der Waals surface area (Å²) in [6.07, 6.45) is 3.73. The van der Waals surface area contributed by atoms with Crippen LogP contribution >= 0.6 is 11.6 Å². The number of amides is 1. The van der Waals surface area contributed by atoms with Gasteiger partial charge in [-0.05, 0) is 48.4 Å². The minimum atomic E-state index is -0.254. The molecule has 0 unspecified atom stereocenters. The molecule has 3 aromatic rings. The maximum absolute atomic E-state index is 11.6. The van der Waals surface area contributed by atoms with E-state index in [0.29, 0.717) is 10.7 Å². The van der Waals surface area contributed by atoms with Gasteiger partial charge in [-0.1, -0.05) is 24.2 Å². The Bertz CT molecular complexity index is 1000. The highest BCUT2D eigenvalue weighted by Gasteiger charge is 2.23. The monoisotopic (exact) mass is 350 g/mol. The molecule has 1 N–H and O–H groups in total. The summed E-state index contributed by atoms with van der Waals surface area (Å²) in [6, 6.07) is 11.5. The molecule has 0 fully saturated rings. The SMILES string of the molecule is C=CC(=O)Nc1ccc2ncnc(N3CCc4ccc(Cl)cc43)c2c1. The van der Waals surface area contributed by atoms with Gasteiger partial charge in [-0.2, -0.15) is 0 Å². The lowest BCUT2D eigenvalue weighted by Gasteiger charge is -2.20. The second-order valence-corrected chi connectivity index (χ2v) is 6.23. The molecule has 0 spiro atoms. The Kier molecular flexibility index (Phi) is 3.86. The van der Waals surface area contributed by atoms with Gasteiger partial charge in [0.25, 0.3) is 0 Å². The highest BCUT2D eigenvalue weighted by molar-refractivity contribution is 6.31. The van der Waals surface area contributed by atoms with Crippen LogP contribution in [0.25, 0.3) is 10.9 Å². The molecule has 0 aliphatic carbocycles. The van der Waals surface area contributed by atoms with Crippen molar-refractivity contribution in [2.45, 2.75) is 6.42 Å². The first-order valence-corrected chi connectivity index (χ1v) is 8.27. The van der Waals surface area contributed by atoms with Crippen molar-refractivity contribution in [3.05, 3.63) is 66.0 Å². The van der Waals surface area contributed by atoms with E-state index < -0.39 is 0 Å². The van der Waals surface area contributed by atoms with E-state index >= 15 is 0 Å². The van der Waals surface area contributed by atoms with E-state index in [9.17, 15) is 4.79 Å². The number of anilines is 3. The molecular weight excluding hydrogens is 336 g/mol. The molecule has 124 valence electrons. The standard InChI is InChI=1S/C19H15ClN4O/c1-2-18(25)23-14-5-6-16-15(10-14)19(22-11-21-16)24-8-7-12-3-4-13(20)9-17(12)24/h2-6,9-11H,1,7-8H2,(H,23,25). The van der Waals surface area contributed by atoms with Crippen LogP contribution in [0, 0.1) is 0 Å². The molecule has 2 heterocycles. The summed E-state index contributed by atoms with van der Waals surface area (Å²) in [5, 5.41) is 4.35. The first-order valence-electron chi connectivity index (χ1n) is 7.90. The maximum atomic E-state index is 11.6. The zero-order chi connectivity index (χ0) is 17.4. The van der Waals surface area contributed by atoms with Gasteiger partial charge in [0.15, 0.2) is 0 Å². The Balaban J connectivity index is 1.83. The van der Waals surface area contributed by atoms with E-state index in [2.05, 4.69) is 32.8 Å². The number of nitrogens with one attached hydrogen (secondary N) is 1. The highest BCUT2D eigenvalue weighted by atomic mass is 35.5. The van der Waals surface area contributed by atoms with Gasteiger partial charge in [-0.15, -0.1) is 0 Å². The highest BCUT2D eigenvalue weighted by Crippen LogP contribution is 2.38. The number of hydrogen-bond donors (Lipinski definition) is 1. The van der Waals surface area contributed by atoms with Crippen molar-refractivity contribution in [3.8, 4) is 0 Å². The molecule has 0 bridgehead atoms. The summed E-state index contributed by atoms with van der Waals surface area (Å²) < 4.78 is 0. The molecule has 0 saturated carbocycles. The summed E-state index contributed by atoms with van der Waals surface area (Å²) in [5.41, 5.74) is 3.80. The second-order valence-electron chi connectivity index (χ2n) is 5.80. The summed E-state index contributed by atoms with van der Waals surface area (Å²) in [6.45, 7) is 4.30. The number of nitrogens with zero attached hydrogens (tertiary/aromatic N) is 3. The Morgan fingerprint density at radius 3 is 2.96 bits per heavy atom. The third-order valence-corrected chi connectivity index (χ3v) is 4.50. The zero-order valence-electron chi connectivity index (χ0n) is 13.4. The Morgan fingerprint density at radius 1 is 1.24 bits per heavy atom. The largest absolute Gasteiger partial charge is 0.325 e. The van der Waals surface area contributed by atoms with Crippen LogP contribution in [0.4, 0.5) is 17.2 Å². The molecule has 0 atom stereocenters. The van der Waals surface area contributed by atoms with Gasteiger partial charge in [0.2, 0.25) is 5.91 Å². The number of halogens is 1. The van der Waals surface area contributed by atoms with Crippen molar-refractivity contribution < 1.29 is 4.79 Å². The summed E-state index contributed by atoms with van der Waals surface area (Å²) in [7, 11) is 0. The second kappa shape index (κ2) is 6.18. The van der Waals surface area contributed by atoms with Crippen molar-refractivity contribution in [3.63, 3.8) is 0 Å². The van der Waals surface area contributed by atoms with E-state index in [1.54, 1.807) is 6.33 Å². The number of hydrogen-bond acceptors (Lipinski definition) is 4. The van der Waals surface area contributed by atoms with Crippen molar-refractivity contribution in [2.24, 2.45) is 0 Å². The Hall–Kier alpha value is -2.92. The predicted octanol–water partition coefficient (Wildman–Crippen LogP) is 4.10. The molecule has 1 aliphatic rings. The van der Waals surface area contributed by atoms with Crippen LogP contribution in [0.3, 0.4) is 0 Å². The Morgan fingerprint density at radius 2 is 2.12 bits per heavy atom. The van der Waals surface area contributed by atoms with Crippen LogP contribution in [0.2, 0.25) is 5.02 Å². The summed E-state index contributed by atoms with van der Waals surface area (Å²) >= 11 is 6.18. The van der Waals surface area contributed by atoms with E-state index in [1.807, 2.05) is 30.3 Å². The average Bonchev–Trinajstić information content (AvgIpc) is 3.04. The van der Waals surface area contributed by atoms with Gasteiger partial charge in [-0.25, -0.2) is 9.97 Å². The molecule has 6 heteroatoms. The number of rotatable bonds is 3. The van der Waals surface area contributed by atoms with Crippen LogP contribution < -0.4 is 10.2 Å². The third kappa shape index (κ3) is 2.83. The maximum Gasteiger partial charge on any atom is 0.247 e. The number of aromatic nitrogens is 2. The molecule has 1 amide bonds. The van der Waals surface area contributed by atoms with E-state index in [-0.39, 0.29) is 5.91 Å². The first kappa shape index (κ1) is 15.6. The lowest BCUT2D eigenvalue weighted by Crippen LogP contribution is -2.15. The molecular formula is C19H15ClN4O. The van der Waals surface area contributed by atoms with Crippen LogP contribution in [0.15, 0.2) is 55.4 Å². The molecule has 5 nitrogen and oxygen atoms in total. The molecule has 1 aliphatic heterocycles. The van der Waals surface area contributed by atoms with Crippen molar-refractivity contribution in [1.29, 1.82) is 0 Å². The number of benzene rings is 2. The number of fused-ring (bicyclic) bond motifs is 2. The molecule has 0 radical (unpaired) electrons. The zero-order valence-corrected chi connectivity index (χ0v) is 14.1. The Labute approximate surface area is 150 Å². The molecule has 4 rings (SSSR count). The van der Waals surface area contributed by atoms with E-state index in [1.165, 1.54) is 11.6 Å². The van der Waals surface area contributed by atoms with Crippen LogP contribution in [0.1, 0.15) is 5.56 Å². The summed E-state index contributed by atoms with van der Waals surface area (Å²) in [5.74, 6) is 0.553. The quantitative estimate of drug-likeness (QED) is 0.722. The lowest BCUT2D eigenvalue weighted by atomic mass is 10.1. The molecule has 2 aromatic carbocycles. The third-order valence-electron chi connectivity index (χ3n) is 4.27. The minimum absolute atomic E-state index is 0.254. The summed E-state index contributed by atoms with van der Waals surface area (Å²) in [4.78, 5) is 22.5. The van der Waals surface area contributed by atoms with Crippen LogP contribution in [-0.2, 0) is 11.2 Å². The van der Waals surface area contributed by atoms with Gasteiger partial charge in [0.05, 0.1) is 5.52 Å². The minimum Gasteiger partial charge on any atom is -0.325 e. The van der Waals surface area contributed by atoms with E-state index in [0.717, 1.165) is 35.4 Å². The van der Waals surface area contributed by atoms with Crippen LogP contribution in [-0.4, -0.2) is 22.4 Å². The van der Waals surface area contributed by atoms with E-state index in [4.69, 9.17) is 11.6 Å². The first-order chi connectivity index (χ1) is 12.2.